The predicted molar refractivity (Wildman–Crippen MR) is 89.5 cm³/mol. The molecule has 0 amide bonds. The number of carbonyl (C=O) groups is 1. The van der Waals surface area contributed by atoms with Crippen molar-refractivity contribution in [2.45, 2.75) is 32.5 Å². The van der Waals surface area contributed by atoms with Gasteiger partial charge >= 0.3 is 5.97 Å². The summed E-state index contributed by atoms with van der Waals surface area (Å²) in [5.41, 5.74) is 1.20. The van der Waals surface area contributed by atoms with Gasteiger partial charge in [-0.3, -0.25) is 0 Å². The maximum atomic E-state index is 11.0. The molecule has 2 aromatic carbocycles. The SMILES string of the molecule is C/C(=C\c1cccc2cc(OC3CCCCO3)ccc12)C(=O)O. The van der Waals surface area contributed by atoms with E-state index < -0.39 is 5.97 Å². The minimum atomic E-state index is -0.906. The lowest BCUT2D eigenvalue weighted by atomic mass is 10.0. The average Bonchev–Trinajstić information content (AvgIpc) is 2.55. The number of aliphatic carboxylic acids is 1. The van der Waals surface area contributed by atoms with Crippen molar-refractivity contribution in [3.8, 4) is 5.75 Å². The van der Waals surface area contributed by atoms with E-state index in [1.807, 2.05) is 36.4 Å². The normalized spacial score (nSPS) is 18.8. The van der Waals surface area contributed by atoms with Gasteiger partial charge in [0.2, 0.25) is 0 Å². The molecule has 0 aliphatic carbocycles. The van der Waals surface area contributed by atoms with Gasteiger partial charge < -0.3 is 14.6 Å². The summed E-state index contributed by atoms with van der Waals surface area (Å²) in [6.07, 6.45) is 4.66. The molecule has 4 heteroatoms. The molecule has 0 radical (unpaired) electrons. The number of benzene rings is 2. The molecule has 0 spiro atoms. The third-order valence-electron chi connectivity index (χ3n) is 4.00. The van der Waals surface area contributed by atoms with Crippen LogP contribution in [0.2, 0.25) is 0 Å². The molecule has 1 fully saturated rings. The van der Waals surface area contributed by atoms with Crippen molar-refractivity contribution in [2.75, 3.05) is 6.61 Å². The largest absolute Gasteiger partial charge is 0.478 e. The number of carboxylic acids is 1. The topological polar surface area (TPSA) is 55.8 Å². The first-order valence-electron chi connectivity index (χ1n) is 7.86. The summed E-state index contributed by atoms with van der Waals surface area (Å²) in [4.78, 5) is 11.0. The Morgan fingerprint density at radius 3 is 2.91 bits per heavy atom. The fraction of sp³-hybridized carbons (Fsp3) is 0.316. The molecule has 1 saturated heterocycles. The Bertz CT molecular complexity index is 742. The summed E-state index contributed by atoms with van der Waals surface area (Å²) in [5.74, 6) is -0.128. The highest BCUT2D eigenvalue weighted by atomic mass is 16.7. The molecule has 1 heterocycles. The number of ether oxygens (including phenoxy) is 2. The summed E-state index contributed by atoms with van der Waals surface area (Å²) in [6.45, 7) is 2.35. The van der Waals surface area contributed by atoms with E-state index >= 15 is 0 Å². The van der Waals surface area contributed by atoms with Gasteiger partial charge in [0.05, 0.1) is 6.61 Å². The molecule has 1 atom stereocenters. The van der Waals surface area contributed by atoms with Gasteiger partial charge in [-0.1, -0.05) is 24.3 Å². The van der Waals surface area contributed by atoms with Crippen molar-refractivity contribution >= 4 is 22.8 Å². The number of hydrogen-bond donors (Lipinski definition) is 1. The van der Waals surface area contributed by atoms with E-state index in [4.69, 9.17) is 14.6 Å². The molecular weight excluding hydrogens is 292 g/mol. The van der Waals surface area contributed by atoms with Gasteiger partial charge in [-0.25, -0.2) is 4.79 Å². The summed E-state index contributed by atoms with van der Waals surface area (Å²) >= 11 is 0. The lowest BCUT2D eigenvalue weighted by Gasteiger charge is -2.23. The zero-order chi connectivity index (χ0) is 16.2. The molecule has 3 rings (SSSR count). The van der Waals surface area contributed by atoms with Gasteiger partial charge in [-0.2, -0.15) is 0 Å². The highest BCUT2D eigenvalue weighted by molar-refractivity contribution is 5.97. The quantitative estimate of drug-likeness (QED) is 0.858. The highest BCUT2D eigenvalue weighted by Crippen LogP contribution is 2.27. The van der Waals surface area contributed by atoms with Gasteiger partial charge in [-0.05, 0) is 54.3 Å². The number of hydrogen-bond acceptors (Lipinski definition) is 3. The second kappa shape index (κ2) is 6.84. The van der Waals surface area contributed by atoms with Gasteiger partial charge in [0.1, 0.15) is 5.75 Å². The third kappa shape index (κ3) is 3.71. The van der Waals surface area contributed by atoms with Crippen LogP contribution in [0.15, 0.2) is 42.0 Å². The second-order valence-electron chi connectivity index (χ2n) is 5.78. The fourth-order valence-electron chi connectivity index (χ4n) is 2.74. The molecule has 1 aliphatic rings. The van der Waals surface area contributed by atoms with Crippen molar-refractivity contribution in [3.63, 3.8) is 0 Å². The molecule has 2 aromatic rings. The molecule has 120 valence electrons. The Kier molecular flexibility index (Phi) is 4.63. The third-order valence-corrected chi connectivity index (χ3v) is 4.00. The standard InChI is InChI=1S/C19H20O4/c1-13(19(20)21)11-14-5-4-6-15-12-16(8-9-17(14)15)23-18-7-2-3-10-22-18/h4-6,8-9,11-12,18H,2-3,7,10H2,1H3,(H,20,21)/b13-11+. The summed E-state index contributed by atoms with van der Waals surface area (Å²) in [5, 5.41) is 11.1. The maximum absolute atomic E-state index is 11.0. The van der Waals surface area contributed by atoms with Crippen LogP contribution in [-0.2, 0) is 9.53 Å². The van der Waals surface area contributed by atoms with Crippen LogP contribution in [0.1, 0.15) is 31.7 Å². The van der Waals surface area contributed by atoms with Crippen LogP contribution in [0, 0.1) is 0 Å². The summed E-state index contributed by atoms with van der Waals surface area (Å²) < 4.78 is 11.5. The van der Waals surface area contributed by atoms with Crippen molar-refractivity contribution in [1.29, 1.82) is 0 Å². The molecule has 0 bridgehead atoms. The maximum Gasteiger partial charge on any atom is 0.331 e. The van der Waals surface area contributed by atoms with Crippen LogP contribution in [-0.4, -0.2) is 24.0 Å². The van der Waals surface area contributed by atoms with Gasteiger partial charge in [0.15, 0.2) is 6.29 Å². The second-order valence-corrected chi connectivity index (χ2v) is 5.78. The van der Waals surface area contributed by atoms with E-state index in [1.54, 1.807) is 13.0 Å². The molecule has 4 nitrogen and oxygen atoms in total. The van der Waals surface area contributed by atoms with Gasteiger partial charge in [-0.15, -0.1) is 0 Å². The number of carboxylic acid groups (broad SMARTS) is 1. The molecule has 23 heavy (non-hydrogen) atoms. The molecular formula is C19H20O4. The zero-order valence-electron chi connectivity index (χ0n) is 13.1. The first-order valence-corrected chi connectivity index (χ1v) is 7.86. The van der Waals surface area contributed by atoms with E-state index in [0.29, 0.717) is 5.57 Å². The smallest absolute Gasteiger partial charge is 0.331 e. The molecule has 1 aliphatic heterocycles. The summed E-state index contributed by atoms with van der Waals surface area (Å²) in [6, 6.07) is 11.7. The Labute approximate surface area is 135 Å². The van der Waals surface area contributed by atoms with Crippen molar-refractivity contribution in [1.82, 2.24) is 0 Å². The Morgan fingerprint density at radius 1 is 1.30 bits per heavy atom. The van der Waals surface area contributed by atoms with Crippen LogP contribution < -0.4 is 4.74 Å². The molecule has 0 saturated carbocycles. The zero-order valence-corrected chi connectivity index (χ0v) is 13.1. The minimum Gasteiger partial charge on any atom is -0.478 e. The minimum absolute atomic E-state index is 0.168. The van der Waals surface area contributed by atoms with E-state index in [0.717, 1.165) is 48.0 Å². The lowest BCUT2D eigenvalue weighted by molar-refractivity contribution is -0.132. The monoisotopic (exact) mass is 312 g/mol. The number of fused-ring (bicyclic) bond motifs is 1. The summed E-state index contributed by atoms with van der Waals surface area (Å²) in [7, 11) is 0. The van der Waals surface area contributed by atoms with Crippen LogP contribution in [0.5, 0.6) is 5.75 Å². The van der Waals surface area contributed by atoms with E-state index in [-0.39, 0.29) is 6.29 Å². The van der Waals surface area contributed by atoms with Crippen molar-refractivity contribution in [3.05, 3.63) is 47.5 Å². The highest BCUT2D eigenvalue weighted by Gasteiger charge is 2.15. The van der Waals surface area contributed by atoms with Crippen LogP contribution in [0.3, 0.4) is 0 Å². The Morgan fingerprint density at radius 2 is 2.17 bits per heavy atom. The Balaban J connectivity index is 1.89. The average molecular weight is 312 g/mol. The van der Waals surface area contributed by atoms with Gasteiger partial charge in [0, 0.05) is 12.0 Å². The van der Waals surface area contributed by atoms with Crippen LogP contribution >= 0.6 is 0 Å². The van der Waals surface area contributed by atoms with Crippen LogP contribution in [0.4, 0.5) is 0 Å². The molecule has 0 aromatic heterocycles. The molecule has 1 unspecified atom stereocenters. The van der Waals surface area contributed by atoms with Crippen LogP contribution in [0.25, 0.3) is 16.8 Å². The van der Waals surface area contributed by atoms with Crippen molar-refractivity contribution in [2.24, 2.45) is 0 Å². The molecule has 1 N–H and O–H groups in total. The first-order chi connectivity index (χ1) is 11.1. The van der Waals surface area contributed by atoms with E-state index in [1.165, 1.54) is 0 Å². The van der Waals surface area contributed by atoms with Gasteiger partial charge in [0.25, 0.3) is 0 Å². The van der Waals surface area contributed by atoms with E-state index in [2.05, 4.69) is 0 Å². The fourth-order valence-corrected chi connectivity index (χ4v) is 2.74. The lowest BCUT2D eigenvalue weighted by Crippen LogP contribution is -2.24. The number of rotatable bonds is 4. The Hall–Kier alpha value is -2.33. The first kappa shape index (κ1) is 15.6. The van der Waals surface area contributed by atoms with Crippen molar-refractivity contribution < 1.29 is 19.4 Å². The van der Waals surface area contributed by atoms with E-state index in [9.17, 15) is 4.79 Å². The predicted octanol–water partition coefficient (Wildman–Crippen LogP) is 4.23.